The lowest BCUT2D eigenvalue weighted by Crippen LogP contribution is -1.90. The van der Waals surface area contributed by atoms with E-state index in [-0.39, 0.29) is 6.61 Å². The second-order valence-electron chi connectivity index (χ2n) is 6.03. The highest BCUT2D eigenvalue weighted by Crippen LogP contribution is 2.21. The molecule has 1 heteroatoms. The first kappa shape index (κ1) is 16.8. The Labute approximate surface area is 135 Å². The Kier molecular flexibility index (Phi) is 7.18. The van der Waals surface area contributed by atoms with Gasteiger partial charge in [0, 0.05) is 6.61 Å². The maximum atomic E-state index is 8.96. The average molecular weight is 296 g/mol. The second kappa shape index (κ2) is 9.42. The SMILES string of the molecule is CCCCCCCc1ccc(-c2ccc(CCO)cc2)cc1. The molecule has 0 spiro atoms. The van der Waals surface area contributed by atoms with Gasteiger partial charge >= 0.3 is 0 Å². The van der Waals surface area contributed by atoms with Crippen molar-refractivity contribution in [3.8, 4) is 11.1 Å². The molecule has 2 aromatic carbocycles. The van der Waals surface area contributed by atoms with Crippen molar-refractivity contribution >= 4 is 0 Å². The Balaban J connectivity index is 1.88. The molecule has 22 heavy (non-hydrogen) atoms. The van der Waals surface area contributed by atoms with Crippen LogP contribution in [-0.4, -0.2) is 11.7 Å². The molecule has 0 bridgehead atoms. The van der Waals surface area contributed by atoms with Crippen LogP contribution in [-0.2, 0) is 12.8 Å². The monoisotopic (exact) mass is 296 g/mol. The molecule has 0 saturated heterocycles. The zero-order valence-electron chi connectivity index (χ0n) is 13.7. The molecule has 2 rings (SSSR count). The van der Waals surface area contributed by atoms with Crippen LogP contribution in [0, 0.1) is 0 Å². The van der Waals surface area contributed by atoms with Crippen LogP contribution in [0.4, 0.5) is 0 Å². The molecule has 0 aromatic heterocycles. The van der Waals surface area contributed by atoms with Gasteiger partial charge in [0.1, 0.15) is 0 Å². The maximum absolute atomic E-state index is 8.96. The fraction of sp³-hybridized carbons (Fsp3) is 0.429. The van der Waals surface area contributed by atoms with Crippen LogP contribution in [0.2, 0.25) is 0 Å². The van der Waals surface area contributed by atoms with Crippen molar-refractivity contribution in [3.05, 3.63) is 59.7 Å². The van der Waals surface area contributed by atoms with Gasteiger partial charge in [-0.1, -0.05) is 81.1 Å². The van der Waals surface area contributed by atoms with Crippen molar-refractivity contribution < 1.29 is 5.11 Å². The van der Waals surface area contributed by atoms with Gasteiger partial charge in [-0.15, -0.1) is 0 Å². The molecule has 0 saturated carbocycles. The minimum absolute atomic E-state index is 0.215. The average Bonchev–Trinajstić information content (AvgIpc) is 2.56. The molecule has 1 N–H and O–H groups in total. The van der Waals surface area contributed by atoms with Crippen LogP contribution in [0.3, 0.4) is 0 Å². The molecule has 118 valence electrons. The van der Waals surface area contributed by atoms with Crippen molar-refractivity contribution in [2.75, 3.05) is 6.61 Å². The Morgan fingerprint density at radius 1 is 0.636 bits per heavy atom. The molecule has 0 aliphatic rings. The lowest BCUT2D eigenvalue weighted by atomic mass is 10.00. The lowest BCUT2D eigenvalue weighted by molar-refractivity contribution is 0.299. The number of aryl methyl sites for hydroxylation is 1. The van der Waals surface area contributed by atoms with Crippen LogP contribution < -0.4 is 0 Å². The van der Waals surface area contributed by atoms with Gasteiger partial charge in [-0.05, 0) is 41.5 Å². The number of hydrogen-bond acceptors (Lipinski definition) is 1. The molecule has 0 radical (unpaired) electrons. The third kappa shape index (κ3) is 5.31. The normalized spacial score (nSPS) is 10.8. The maximum Gasteiger partial charge on any atom is 0.0471 e. The van der Waals surface area contributed by atoms with Crippen LogP contribution in [0.15, 0.2) is 48.5 Å². The molecule has 0 aliphatic heterocycles. The summed E-state index contributed by atoms with van der Waals surface area (Å²) in [6.07, 6.45) is 8.62. The molecular weight excluding hydrogens is 268 g/mol. The molecule has 0 unspecified atom stereocenters. The zero-order chi connectivity index (χ0) is 15.6. The van der Waals surface area contributed by atoms with Crippen LogP contribution in [0.5, 0.6) is 0 Å². The summed E-state index contributed by atoms with van der Waals surface area (Å²) in [4.78, 5) is 0. The Morgan fingerprint density at radius 3 is 1.64 bits per heavy atom. The first-order chi connectivity index (χ1) is 10.8. The Bertz CT molecular complexity index is 525. The molecule has 0 amide bonds. The van der Waals surface area contributed by atoms with Gasteiger partial charge in [0.25, 0.3) is 0 Å². The van der Waals surface area contributed by atoms with Crippen LogP contribution >= 0.6 is 0 Å². The van der Waals surface area contributed by atoms with Gasteiger partial charge < -0.3 is 5.11 Å². The van der Waals surface area contributed by atoms with Crippen LogP contribution in [0.1, 0.15) is 50.2 Å². The van der Waals surface area contributed by atoms with Gasteiger partial charge in [-0.25, -0.2) is 0 Å². The number of unbranched alkanes of at least 4 members (excludes halogenated alkanes) is 4. The van der Waals surface area contributed by atoms with E-state index in [1.54, 1.807) is 0 Å². The minimum atomic E-state index is 0.215. The number of rotatable bonds is 9. The highest BCUT2D eigenvalue weighted by Gasteiger charge is 1.99. The number of hydrogen-bond donors (Lipinski definition) is 1. The summed E-state index contributed by atoms with van der Waals surface area (Å²) >= 11 is 0. The number of aliphatic hydroxyl groups is 1. The molecule has 2 aromatic rings. The van der Waals surface area contributed by atoms with E-state index in [0.717, 1.165) is 6.42 Å². The minimum Gasteiger partial charge on any atom is -0.396 e. The summed E-state index contributed by atoms with van der Waals surface area (Å²) in [5.41, 5.74) is 5.15. The van der Waals surface area contributed by atoms with E-state index >= 15 is 0 Å². The second-order valence-corrected chi connectivity index (χ2v) is 6.03. The number of aliphatic hydroxyl groups excluding tert-OH is 1. The highest BCUT2D eigenvalue weighted by atomic mass is 16.2. The van der Waals surface area contributed by atoms with Gasteiger partial charge in [0.05, 0.1) is 0 Å². The highest BCUT2D eigenvalue weighted by molar-refractivity contribution is 5.63. The van der Waals surface area contributed by atoms with E-state index in [4.69, 9.17) is 5.11 Å². The van der Waals surface area contributed by atoms with E-state index in [2.05, 4.69) is 55.5 Å². The fourth-order valence-electron chi connectivity index (χ4n) is 2.79. The summed E-state index contributed by atoms with van der Waals surface area (Å²) in [6.45, 7) is 2.47. The summed E-state index contributed by atoms with van der Waals surface area (Å²) in [5.74, 6) is 0. The summed E-state index contributed by atoms with van der Waals surface area (Å²) < 4.78 is 0. The van der Waals surface area contributed by atoms with Crippen molar-refractivity contribution in [3.63, 3.8) is 0 Å². The first-order valence-corrected chi connectivity index (χ1v) is 8.62. The first-order valence-electron chi connectivity index (χ1n) is 8.62. The molecule has 0 heterocycles. The summed E-state index contributed by atoms with van der Waals surface area (Å²) in [6, 6.07) is 17.5. The summed E-state index contributed by atoms with van der Waals surface area (Å²) in [7, 11) is 0. The predicted octanol–water partition coefficient (Wildman–Crippen LogP) is 5.40. The molecule has 0 fully saturated rings. The fourth-order valence-corrected chi connectivity index (χ4v) is 2.79. The van der Waals surface area contributed by atoms with Crippen molar-refractivity contribution in [2.45, 2.75) is 51.9 Å². The van der Waals surface area contributed by atoms with Gasteiger partial charge in [0.2, 0.25) is 0 Å². The largest absolute Gasteiger partial charge is 0.396 e. The quantitative estimate of drug-likeness (QED) is 0.614. The van der Waals surface area contributed by atoms with Gasteiger partial charge in [0.15, 0.2) is 0 Å². The van der Waals surface area contributed by atoms with E-state index in [1.807, 2.05) is 0 Å². The Hall–Kier alpha value is -1.60. The molecular formula is C21H28O. The molecule has 1 nitrogen and oxygen atoms in total. The van der Waals surface area contributed by atoms with E-state index in [0.29, 0.717) is 0 Å². The number of benzene rings is 2. The molecule has 0 atom stereocenters. The van der Waals surface area contributed by atoms with E-state index < -0.39 is 0 Å². The van der Waals surface area contributed by atoms with Crippen LogP contribution in [0.25, 0.3) is 11.1 Å². The van der Waals surface area contributed by atoms with E-state index in [1.165, 1.54) is 60.8 Å². The van der Waals surface area contributed by atoms with E-state index in [9.17, 15) is 0 Å². The van der Waals surface area contributed by atoms with Crippen molar-refractivity contribution in [1.29, 1.82) is 0 Å². The smallest absolute Gasteiger partial charge is 0.0471 e. The third-order valence-electron chi connectivity index (χ3n) is 4.21. The summed E-state index contributed by atoms with van der Waals surface area (Å²) in [5, 5.41) is 8.96. The van der Waals surface area contributed by atoms with Crippen molar-refractivity contribution in [2.24, 2.45) is 0 Å². The van der Waals surface area contributed by atoms with Gasteiger partial charge in [-0.3, -0.25) is 0 Å². The van der Waals surface area contributed by atoms with Crippen molar-refractivity contribution in [1.82, 2.24) is 0 Å². The lowest BCUT2D eigenvalue weighted by Gasteiger charge is -2.06. The Morgan fingerprint density at radius 2 is 1.14 bits per heavy atom. The predicted molar refractivity (Wildman–Crippen MR) is 95.1 cm³/mol. The molecule has 0 aliphatic carbocycles. The third-order valence-corrected chi connectivity index (χ3v) is 4.21. The topological polar surface area (TPSA) is 20.2 Å². The standard InChI is InChI=1S/C21H28O/c1-2-3-4-5-6-7-18-8-12-20(13-9-18)21-14-10-19(11-15-21)16-17-22/h8-15,22H,2-7,16-17H2,1H3. The van der Waals surface area contributed by atoms with Gasteiger partial charge in [-0.2, -0.15) is 0 Å². The zero-order valence-corrected chi connectivity index (χ0v) is 13.7.